The Bertz CT molecular complexity index is 1070. The number of phenolic OH excluding ortho intramolecular Hbond substituents is 1. The Morgan fingerprint density at radius 1 is 1.27 bits per heavy atom. The van der Waals surface area contributed by atoms with E-state index in [9.17, 15) is 20.0 Å². The number of anilines is 2. The molecule has 0 unspecified atom stereocenters. The zero-order valence-electron chi connectivity index (χ0n) is 16.4. The largest absolute Gasteiger partial charge is 0.502 e. The van der Waals surface area contributed by atoms with Crippen molar-refractivity contribution in [3.8, 4) is 5.75 Å². The minimum absolute atomic E-state index is 0.165. The predicted molar refractivity (Wildman–Crippen MR) is 113 cm³/mol. The van der Waals surface area contributed by atoms with Gasteiger partial charge in [0.2, 0.25) is 5.95 Å². The minimum Gasteiger partial charge on any atom is -0.502 e. The zero-order chi connectivity index (χ0) is 21.5. The summed E-state index contributed by atoms with van der Waals surface area (Å²) in [5, 5.41) is 23.5. The molecule has 3 rings (SSSR count). The Hall–Kier alpha value is -3.95. The van der Waals surface area contributed by atoms with E-state index in [4.69, 9.17) is 0 Å². The number of rotatable bonds is 9. The lowest BCUT2D eigenvalue weighted by Gasteiger charge is -2.17. The Morgan fingerprint density at radius 3 is 2.80 bits per heavy atom. The normalized spacial score (nSPS) is 10.6. The first kappa shape index (κ1) is 20.8. The smallest absolute Gasteiger partial charge is 0.310 e. The average molecular weight is 410 g/mol. The molecule has 10 nitrogen and oxygen atoms in total. The number of benzene rings is 1. The van der Waals surface area contributed by atoms with Crippen LogP contribution in [0.3, 0.4) is 0 Å². The molecule has 2 heterocycles. The number of H-pyrrole nitrogens is 1. The highest BCUT2D eigenvalue weighted by Crippen LogP contribution is 2.26. The highest BCUT2D eigenvalue weighted by atomic mass is 16.6. The summed E-state index contributed by atoms with van der Waals surface area (Å²) in [6.45, 7) is 1.40. The van der Waals surface area contributed by atoms with Gasteiger partial charge in [0.25, 0.3) is 5.56 Å². The first-order chi connectivity index (χ1) is 14.4. The van der Waals surface area contributed by atoms with Crippen LogP contribution in [0.25, 0.3) is 0 Å². The van der Waals surface area contributed by atoms with E-state index in [-0.39, 0.29) is 12.0 Å². The summed E-state index contributed by atoms with van der Waals surface area (Å²) in [5.74, 6) is 0.841. The van der Waals surface area contributed by atoms with Crippen LogP contribution in [-0.2, 0) is 6.42 Å². The molecule has 3 N–H and O–H groups in total. The summed E-state index contributed by atoms with van der Waals surface area (Å²) in [6.07, 6.45) is 4.17. The first-order valence-corrected chi connectivity index (χ1v) is 9.34. The van der Waals surface area contributed by atoms with Crippen LogP contribution in [0.15, 0.2) is 53.6 Å². The van der Waals surface area contributed by atoms with E-state index in [0.717, 1.165) is 18.8 Å². The van der Waals surface area contributed by atoms with Crippen molar-refractivity contribution in [2.24, 2.45) is 0 Å². The van der Waals surface area contributed by atoms with Crippen molar-refractivity contribution in [2.75, 3.05) is 30.4 Å². The monoisotopic (exact) mass is 410 g/mol. The zero-order valence-corrected chi connectivity index (χ0v) is 16.4. The number of hydrogen-bond acceptors (Lipinski definition) is 8. The molecule has 0 radical (unpaired) electrons. The number of nitrogens with one attached hydrogen (secondary N) is 2. The third kappa shape index (κ3) is 5.31. The number of aromatic nitrogens is 3. The van der Waals surface area contributed by atoms with Gasteiger partial charge in [-0.25, -0.2) is 9.97 Å². The molecule has 30 heavy (non-hydrogen) atoms. The van der Waals surface area contributed by atoms with Gasteiger partial charge in [0.1, 0.15) is 5.82 Å². The fourth-order valence-corrected chi connectivity index (χ4v) is 2.90. The Labute approximate surface area is 172 Å². The third-order valence-corrected chi connectivity index (χ3v) is 4.51. The van der Waals surface area contributed by atoms with Crippen molar-refractivity contribution < 1.29 is 10.0 Å². The summed E-state index contributed by atoms with van der Waals surface area (Å²) in [6, 6.07) is 9.77. The van der Waals surface area contributed by atoms with Gasteiger partial charge in [-0.1, -0.05) is 12.1 Å². The van der Waals surface area contributed by atoms with E-state index in [1.165, 1.54) is 24.4 Å². The third-order valence-electron chi connectivity index (χ3n) is 4.51. The molecule has 0 atom stereocenters. The van der Waals surface area contributed by atoms with E-state index < -0.39 is 16.4 Å². The average Bonchev–Trinajstić information content (AvgIpc) is 2.74. The number of hydrogen-bond donors (Lipinski definition) is 3. The molecule has 2 aromatic heterocycles. The summed E-state index contributed by atoms with van der Waals surface area (Å²) in [7, 11) is 1.96. The van der Waals surface area contributed by atoms with Gasteiger partial charge in [0, 0.05) is 50.6 Å². The maximum absolute atomic E-state index is 12.3. The Morgan fingerprint density at radius 2 is 2.10 bits per heavy atom. The molecule has 10 heteroatoms. The second-order valence-corrected chi connectivity index (χ2v) is 6.73. The van der Waals surface area contributed by atoms with Crippen molar-refractivity contribution >= 4 is 17.5 Å². The number of nitrogens with zero attached hydrogens (tertiary/aromatic N) is 4. The van der Waals surface area contributed by atoms with Crippen LogP contribution >= 0.6 is 0 Å². The van der Waals surface area contributed by atoms with Gasteiger partial charge >= 0.3 is 5.69 Å². The van der Waals surface area contributed by atoms with Crippen molar-refractivity contribution in [1.29, 1.82) is 0 Å². The number of pyridine rings is 1. The minimum atomic E-state index is -0.667. The van der Waals surface area contributed by atoms with Gasteiger partial charge in [-0.2, -0.15) is 0 Å². The number of aromatic hydroxyl groups is 1. The van der Waals surface area contributed by atoms with Crippen LogP contribution in [0.1, 0.15) is 17.5 Å². The predicted octanol–water partition coefficient (Wildman–Crippen LogP) is 2.31. The summed E-state index contributed by atoms with van der Waals surface area (Å²) in [5.41, 5.74) is 0.181. The topological polar surface area (TPSA) is 137 Å². The van der Waals surface area contributed by atoms with E-state index >= 15 is 0 Å². The molecule has 0 fully saturated rings. The summed E-state index contributed by atoms with van der Waals surface area (Å²) in [4.78, 5) is 35.8. The molecule has 0 saturated carbocycles. The molecule has 156 valence electrons. The fourth-order valence-electron chi connectivity index (χ4n) is 2.90. The quantitative estimate of drug-likeness (QED) is 0.278. The highest BCUT2D eigenvalue weighted by molar-refractivity contribution is 5.48. The van der Waals surface area contributed by atoms with Gasteiger partial charge < -0.3 is 15.3 Å². The van der Waals surface area contributed by atoms with Crippen LogP contribution in [0.2, 0.25) is 0 Å². The molecule has 0 amide bonds. The molecule has 0 aliphatic heterocycles. The van der Waals surface area contributed by atoms with Crippen LogP contribution in [0.5, 0.6) is 5.75 Å². The SMILES string of the molecule is CN(CCCNc1ncc(Cc2ccc(O)c([N+](=O)[O-])c2)c(=O)[nH]1)c1ccccn1. The fraction of sp³-hybridized carbons (Fsp3) is 0.250. The van der Waals surface area contributed by atoms with E-state index in [1.54, 1.807) is 6.20 Å². The molecule has 0 aliphatic carbocycles. The number of nitro groups is 1. The molecule has 3 aromatic rings. The van der Waals surface area contributed by atoms with Crippen molar-refractivity contribution in [3.05, 3.63) is 80.4 Å². The standard InChI is InChI=1S/C20H22N6O4/c1-25(18-5-2-3-8-21-18)10-4-9-22-20-23-13-15(19(28)24-20)11-14-6-7-17(27)16(12-14)26(29)30/h2-3,5-8,12-13,27H,4,9-11H2,1H3,(H2,22,23,24,28). The summed E-state index contributed by atoms with van der Waals surface area (Å²) >= 11 is 0. The van der Waals surface area contributed by atoms with E-state index in [2.05, 4.69) is 20.3 Å². The molecule has 1 aromatic carbocycles. The first-order valence-electron chi connectivity index (χ1n) is 9.34. The molecule has 0 aliphatic rings. The molecule has 0 spiro atoms. The maximum Gasteiger partial charge on any atom is 0.310 e. The van der Waals surface area contributed by atoms with Gasteiger partial charge in [-0.15, -0.1) is 0 Å². The van der Waals surface area contributed by atoms with Crippen molar-refractivity contribution in [2.45, 2.75) is 12.8 Å². The number of nitro benzene ring substituents is 1. The Balaban J connectivity index is 1.55. The molecule has 0 saturated heterocycles. The van der Waals surface area contributed by atoms with Crippen LogP contribution in [-0.4, -0.2) is 45.1 Å². The number of aromatic amines is 1. The van der Waals surface area contributed by atoms with Crippen LogP contribution in [0.4, 0.5) is 17.5 Å². The molecular formula is C20H22N6O4. The Kier molecular flexibility index (Phi) is 6.58. The molecule has 0 bridgehead atoms. The summed E-state index contributed by atoms with van der Waals surface area (Å²) < 4.78 is 0. The van der Waals surface area contributed by atoms with Crippen molar-refractivity contribution in [3.63, 3.8) is 0 Å². The highest BCUT2D eigenvalue weighted by Gasteiger charge is 2.14. The van der Waals surface area contributed by atoms with E-state index in [0.29, 0.717) is 23.6 Å². The van der Waals surface area contributed by atoms with Gasteiger partial charge in [0.05, 0.1) is 4.92 Å². The van der Waals surface area contributed by atoms with Crippen molar-refractivity contribution in [1.82, 2.24) is 15.0 Å². The lowest BCUT2D eigenvalue weighted by molar-refractivity contribution is -0.385. The molecular weight excluding hydrogens is 388 g/mol. The van der Waals surface area contributed by atoms with Crippen LogP contribution in [0, 0.1) is 10.1 Å². The lowest BCUT2D eigenvalue weighted by Crippen LogP contribution is -2.23. The second-order valence-electron chi connectivity index (χ2n) is 6.73. The maximum atomic E-state index is 12.3. The number of phenols is 1. The van der Waals surface area contributed by atoms with Crippen LogP contribution < -0.4 is 15.8 Å². The lowest BCUT2D eigenvalue weighted by atomic mass is 10.1. The van der Waals surface area contributed by atoms with E-state index in [1.807, 2.05) is 30.1 Å². The van der Waals surface area contributed by atoms with Gasteiger partial charge in [-0.05, 0) is 30.2 Å². The second kappa shape index (κ2) is 9.50. The van der Waals surface area contributed by atoms with Gasteiger partial charge in [-0.3, -0.25) is 19.9 Å². The van der Waals surface area contributed by atoms with Gasteiger partial charge in [0.15, 0.2) is 5.75 Å².